The summed E-state index contributed by atoms with van der Waals surface area (Å²) in [6.45, 7) is 5.60. The van der Waals surface area contributed by atoms with Gasteiger partial charge in [-0.2, -0.15) is 0 Å². The van der Waals surface area contributed by atoms with Gasteiger partial charge in [0, 0.05) is 0 Å². The van der Waals surface area contributed by atoms with Crippen LogP contribution in [0.2, 0.25) is 0 Å². The molecule has 0 bridgehead atoms. The van der Waals surface area contributed by atoms with Gasteiger partial charge in [0.1, 0.15) is 12.2 Å². The number of rotatable bonds is 3. The van der Waals surface area contributed by atoms with Crippen molar-refractivity contribution in [2.45, 2.75) is 59.6 Å². The van der Waals surface area contributed by atoms with Gasteiger partial charge in [-0.05, 0) is 38.7 Å². The van der Waals surface area contributed by atoms with Gasteiger partial charge in [0.15, 0.2) is 5.79 Å². The van der Waals surface area contributed by atoms with Gasteiger partial charge in [-0.3, -0.25) is 4.79 Å². The van der Waals surface area contributed by atoms with E-state index in [0.29, 0.717) is 0 Å². The van der Waals surface area contributed by atoms with Crippen molar-refractivity contribution < 1.29 is 14.3 Å². The Hall–Kier alpha value is 0.960. The fourth-order valence-corrected chi connectivity index (χ4v) is 5.68. The van der Waals surface area contributed by atoms with Crippen LogP contribution in [0.25, 0.3) is 0 Å². The molecule has 0 aliphatic carbocycles. The topological polar surface area (TPSA) is 47.6 Å². The van der Waals surface area contributed by atoms with Crippen molar-refractivity contribution in [1.82, 2.24) is 5.32 Å². The highest BCUT2D eigenvalue weighted by Gasteiger charge is 2.49. The molecule has 9 heteroatoms. The summed E-state index contributed by atoms with van der Waals surface area (Å²) in [7, 11) is 0. The third kappa shape index (κ3) is 4.98. The summed E-state index contributed by atoms with van der Waals surface area (Å²) in [5.41, 5.74) is 0. The third-order valence-corrected chi connectivity index (χ3v) is 6.97. The summed E-state index contributed by atoms with van der Waals surface area (Å²) in [4.78, 5) is 11.9. The summed E-state index contributed by atoms with van der Waals surface area (Å²) in [5.74, 6) is 0.882. The summed E-state index contributed by atoms with van der Waals surface area (Å²) in [5, 5.41) is 2.71. The number of nitrogens with one attached hydrogen (secondary N) is 1. The van der Waals surface area contributed by atoms with Crippen LogP contribution in [0.15, 0.2) is 0 Å². The molecule has 0 aromatic rings. The lowest BCUT2D eigenvalue weighted by atomic mass is 10.1. The lowest BCUT2D eigenvalue weighted by Gasteiger charge is -2.31. The number of hydrogen-bond donors (Lipinski definition) is 1. The van der Waals surface area contributed by atoms with Crippen molar-refractivity contribution >= 4 is 64.2 Å². The highest BCUT2D eigenvalue weighted by Crippen LogP contribution is 2.42. The molecule has 0 unspecified atom stereocenters. The average Bonchev–Trinajstić information content (AvgIpc) is 2.75. The van der Waals surface area contributed by atoms with Crippen molar-refractivity contribution in [1.29, 1.82) is 0 Å². The molecule has 0 aromatic heterocycles. The van der Waals surface area contributed by atoms with Crippen LogP contribution in [0.4, 0.5) is 0 Å². The van der Waals surface area contributed by atoms with Crippen LogP contribution in [0, 0.1) is 0 Å². The molecule has 1 amide bonds. The van der Waals surface area contributed by atoms with E-state index >= 15 is 0 Å². The maximum Gasteiger partial charge on any atom is 0.272 e. The minimum Gasteiger partial charge on any atom is -0.347 e. The van der Waals surface area contributed by atoms with Gasteiger partial charge in [-0.25, -0.2) is 0 Å². The first-order chi connectivity index (χ1) is 10.1. The van der Waals surface area contributed by atoms with Crippen LogP contribution < -0.4 is 5.32 Å². The van der Waals surface area contributed by atoms with Gasteiger partial charge < -0.3 is 14.8 Å². The summed E-state index contributed by atoms with van der Waals surface area (Å²) < 4.78 is 10.4. The van der Waals surface area contributed by atoms with Gasteiger partial charge in [0.25, 0.3) is 9.70 Å². The van der Waals surface area contributed by atoms with Crippen molar-refractivity contribution in [3.8, 4) is 0 Å². The molecule has 0 radical (unpaired) electrons. The smallest absolute Gasteiger partial charge is 0.272 e. The van der Waals surface area contributed by atoms with Crippen LogP contribution in [0.3, 0.4) is 0 Å². The number of carbonyl (C=O) groups is 1. The zero-order valence-electron chi connectivity index (χ0n) is 12.6. The quantitative estimate of drug-likeness (QED) is 0.723. The van der Waals surface area contributed by atoms with E-state index in [4.69, 9.17) is 44.3 Å². The number of carbonyl (C=O) groups excluding carboxylic acids is 1. The summed E-state index contributed by atoms with van der Waals surface area (Å²) in [6, 6.07) is -0.321. The fourth-order valence-electron chi connectivity index (χ4n) is 2.48. The van der Waals surface area contributed by atoms with Crippen LogP contribution in [-0.4, -0.2) is 49.8 Å². The molecule has 2 fully saturated rings. The Morgan fingerprint density at radius 3 is 2.41 bits per heavy atom. The zero-order chi connectivity index (χ0) is 16.5. The second-order valence-corrected chi connectivity index (χ2v) is 10.9. The van der Waals surface area contributed by atoms with Crippen molar-refractivity contribution in [2.75, 3.05) is 11.5 Å². The van der Waals surface area contributed by atoms with Crippen LogP contribution >= 0.6 is 58.3 Å². The second-order valence-electron chi connectivity index (χ2n) is 5.79. The first-order valence-electron chi connectivity index (χ1n) is 7.07. The standard InChI is InChI=1S/C13H20Cl3NO3S2/c1-7(17-11(18)13(14,15)16)8-9(20-12(2,3)19-8)10-21-5-4-6-22-10/h7-10H,4-6H2,1-3H3,(H,17,18)/t7-,8+,9-/m1/s1. The number of alkyl halides is 3. The Kier molecular flexibility index (Phi) is 6.54. The maximum atomic E-state index is 11.9. The molecule has 2 aliphatic heterocycles. The highest BCUT2D eigenvalue weighted by atomic mass is 35.6. The molecule has 2 aliphatic rings. The number of ether oxygens (including phenoxy) is 2. The van der Waals surface area contributed by atoms with Gasteiger partial charge in [0.2, 0.25) is 0 Å². The Labute approximate surface area is 154 Å². The molecule has 0 saturated carbocycles. The minimum atomic E-state index is -1.98. The van der Waals surface area contributed by atoms with E-state index < -0.39 is 15.5 Å². The molecule has 1 N–H and O–H groups in total. The molecule has 2 saturated heterocycles. The van der Waals surface area contributed by atoms with E-state index in [1.54, 1.807) is 0 Å². The first-order valence-corrected chi connectivity index (χ1v) is 10.3. The molecule has 128 valence electrons. The third-order valence-electron chi connectivity index (χ3n) is 3.39. The Morgan fingerprint density at radius 1 is 1.27 bits per heavy atom. The molecule has 4 nitrogen and oxygen atoms in total. The predicted octanol–water partition coefficient (Wildman–Crippen LogP) is 3.58. The highest BCUT2D eigenvalue weighted by molar-refractivity contribution is 8.17. The van der Waals surface area contributed by atoms with Crippen molar-refractivity contribution in [3.63, 3.8) is 0 Å². The lowest BCUT2D eigenvalue weighted by Crippen LogP contribution is -2.50. The molecular formula is C13H20Cl3NO3S2. The van der Waals surface area contributed by atoms with Gasteiger partial charge in [-0.1, -0.05) is 34.8 Å². The molecule has 3 atom stereocenters. The first kappa shape index (κ1) is 19.3. The monoisotopic (exact) mass is 407 g/mol. The van der Waals surface area contributed by atoms with Gasteiger partial charge in [-0.15, -0.1) is 23.5 Å². The molecule has 0 spiro atoms. The van der Waals surface area contributed by atoms with Crippen LogP contribution in [-0.2, 0) is 14.3 Å². The predicted molar refractivity (Wildman–Crippen MR) is 95.0 cm³/mol. The summed E-state index contributed by atoms with van der Waals surface area (Å²) >= 11 is 20.6. The minimum absolute atomic E-state index is 0.115. The van der Waals surface area contributed by atoms with Crippen molar-refractivity contribution in [2.24, 2.45) is 0 Å². The van der Waals surface area contributed by atoms with E-state index in [0.717, 1.165) is 11.5 Å². The largest absolute Gasteiger partial charge is 0.347 e. The molecular weight excluding hydrogens is 389 g/mol. The normalized spacial score (nSPS) is 31.0. The zero-order valence-corrected chi connectivity index (χ0v) is 16.5. The van der Waals surface area contributed by atoms with Gasteiger partial charge >= 0.3 is 0 Å². The van der Waals surface area contributed by atoms with Crippen molar-refractivity contribution in [3.05, 3.63) is 0 Å². The van der Waals surface area contributed by atoms with Crippen LogP contribution in [0.1, 0.15) is 27.2 Å². The SMILES string of the molecule is C[C@@H](NC(=O)C(Cl)(Cl)Cl)[C@@H]1OC(C)(C)O[C@H]1C1SCCCS1. The lowest BCUT2D eigenvalue weighted by molar-refractivity contribution is -0.148. The van der Waals surface area contributed by atoms with Crippen LogP contribution in [0.5, 0.6) is 0 Å². The van der Waals surface area contributed by atoms with E-state index in [1.165, 1.54) is 6.42 Å². The van der Waals surface area contributed by atoms with E-state index in [1.807, 2.05) is 44.3 Å². The Balaban J connectivity index is 2.06. The van der Waals surface area contributed by atoms with E-state index in [-0.39, 0.29) is 22.8 Å². The Bertz CT molecular complexity index is 414. The molecule has 22 heavy (non-hydrogen) atoms. The average molecular weight is 409 g/mol. The second kappa shape index (κ2) is 7.46. The van der Waals surface area contributed by atoms with Gasteiger partial charge in [0.05, 0.1) is 10.6 Å². The number of amides is 1. The number of halogens is 3. The molecule has 2 rings (SSSR count). The van der Waals surface area contributed by atoms with E-state index in [9.17, 15) is 4.79 Å². The number of thioether (sulfide) groups is 2. The maximum absolute atomic E-state index is 11.9. The van der Waals surface area contributed by atoms with E-state index in [2.05, 4.69) is 5.32 Å². The summed E-state index contributed by atoms with van der Waals surface area (Å²) in [6.07, 6.45) is 0.804. The number of hydrogen-bond acceptors (Lipinski definition) is 5. The molecule has 2 heterocycles. The molecule has 0 aromatic carbocycles. The Morgan fingerprint density at radius 2 is 1.86 bits per heavy atom. The fraction of sp³-hybridized carbons (Fsp3) is 0.923.